The molecule has 1 amide bonds. The van der Waals surface area contributed by atoms with Gasteiger partial charge in [0.1, 0.15) is 16.6 Å². The fraction of sp³-hybridized carbons (Fsp3) is 0.455. The number of piperazine rings is 1. The standard InChI is InChI=1S/C22H27ClN4O5S/c1-32-22(29)20(17-6-2-3-7-18(17)23)25-10-12-26(13-11-25)21(28)19-14-16(15-24-19)33(30,31)27-8-4-5-9-27/h2-3,6-7,14-15,20,24H,4-5,8-13H2,1H3. The lowest BCUT2D eigenvalue weighted by Crippen LogP contribution is -2.51. The Morgan fingerprint density at radius 3 is 2.36 bits per heavy atom. The highest BCUT2D eigenvalue weighted by Gasteiger charge is 2.34. The number of sulfonamides is 1. The lowest BCUT2D eigenvalue weighted by atomic mass is 10.0. The van der Waals surface area contributed by atoms with Gasteiger partial charge in [0.15, 0.2) is 0 Å². The number of nitrogens with one attached hydrogen (secondary N) is 1. The van der Waals surface area contributed by atoms with Gasteiger partial charge in [-0.2, -0.15) is 4.31 Å². The van der Waals surface area contributed by atoms with Gasteiger partial charge in [0.05, 0.1) is 7.11 Å². The van der Waals surface area contributed by atoms with E-state index in [9.17, 15) is 18.0 Å². The first-order valence-corrected chi connectivity index (χ1v) is 12.7. The topological polar surface area (TPSA) is 103 Å². The average Bonchev–Trinajstić information content (AvgIpc) is 3.53. The van der Waals surface area contributed by atoms with E-state index in [0.717, 1.165) is 12.8 Å². The van der Waals surface area contributed by atoms with Gasteiger partial charge in [0.2, 0.25) is 10.0 Å². The number of nitrogens with zero attached hydrogens (tertiary/aromatic N) is 3. The highest BCUT2D eigenvalue weighted by atomic mass is 35.5. The van der Waals surface area contributed by atoms with Crippen LogP contribution in [0.5, 0.6) is 0 Å². The molecule has 2 aromatic rings. The van der Waals surface area contributed by atoms with Gasteiger partial charge in [0.25, 0.3) is 5.91 Å². The molecule has 4 rings (SSSR count). The zero-order valence-electron chi connectivity index (χ0n) is 18.4. The third-order valence-corrected chi connectivity index (χ3v) is 8.40. The van der Waals surface area contributed by atoms with Crippen LogP contribution in [0.3, 0.4) is 0 Å². The molecule has 2 aliphatic heterocycles. The second-order valence-corrected chi connectivity index (χ2v) is 10.5. The third-order valence-electron chi connectivity index (χ3n) is 6.18. The number of aromatic amines is 1. The molecule has 0 aliphatic carbocycles. The van der Waals surface area contributed by atoms with Gasteiger partial charge in [-0.15, -0.1) is 0 Å². The summed E-state index contributed by atoms with van der Waals surface area (Å²) < 4.78 is 31.9. The Morgan fingerprint density at radius 1 is 1.06 bits per heavy atom. The van der Waals surface area contributed by atoms with E-state index in [4.69, 9.17) is 16.3 Å². The molecule has 33 heavy (non-hydrogen) atoms. The van der Waals surface area contributed by atoms with Gasteiger partial charge >= 0.3 is 5.97 Å². The van der Waals surface area contributed by atoms with Gasteiger partial charge in [-0.3, -0.25) is 9.69 Å². The Hall–Kier alpha value is -2.40. The smallest absolute Gasteiger partial charge is 0.327 e. The van der Waals surface area contributed by atoms with Gasteiger partial charge < -0.3 is 14.6 Å². The molecule has 178 valence electrons. The minimum atomic E-state index is -3.59. The number of carbonyl (C=O) groups is 2. The lowest BCUT2D eigenvalue weighted by Gasteiger charge is -2.38. The molecule has 1 aromatic heterocycles. The van der Waals surface area contributed by atoms with Crippen LogP contribution in [-0.2, 0) is 19.6 Å². The van der Waals surface area contributed by atoms with E-state index in [-0.39, 0.29) is 16.5 Å². The number of esters is 1. The number of hydrogen-bond acceptors (Lipinski definition) is 6. The maximum atomic E-state index is 13.0. The minimum absolute atomic E-state index is 0.107. The van der Waals surface area contributed by atoms with Crippen LogP contribution in [0.1, 0.15) is 34.9 Å². The number of methoxy groups -OCH3 is 1. The molecule has 2 aliphatic rings. The summed E-state index contributed by atoms with van der Waals surface area (Å²) in [6, 6.07) is 7.88. The zero-order chi connectivity index (χ0) is 23.6. The molecular weight excluding hydrogens is 468 g/mol. The van der Waals surface area contributed by atoms with E-state index in [0.29, 0.717) is 49.9 Å². The monoisotopic (exact) mass is 494 g/mol. The number of rotatable bonds is 6. The summed E-state index contributed by atoms with van der Waals surface area (Å²) in [4.78, 5) is 32.1. The predicted molar refractivity (Wildman–Crippen MR) is 122 cm³/mol. The number of benzene rings is 1. The number of ether oxygens (including phenoxy) is 1. The number of aromatic nitrogens is 1. The summed E-state index contributed by atoms with van der Waals surface area (Å²) >= 11 is 6.33. The Labute approximate surface area is 198 Å². The summed E-state index contributed by atoms with van der Waals surface area (Å²) in [5, 5.41) is 0.476. The molecule has 3 heterocycles. The van der Waals surface area contributed by atoms with Crippen LogP contribution in [0.25, 0.3) is 0 Å². The van der Waals surface area contributed by atoms with Gasteiger partial charge in [-0.05, 0) is 30.5 Å². The van der Waals surface area contributed by atoms with Crippen molar-refractivity contribution >= 4 is 33.5 Å². The van der Waals surface area contributed by atoms with E-state index in [1.54, 1.807) is 23.1 Å². The molecule has 2 saturated heterocycles. The second kappa shape index (κ2) is 9.84. The fourth-order valence-corrected chi connectivity index (χ4v) is 6.11. The molecular formula is C22H27ClN4O5S. The first-order valence-electron chi connectivity index (χ1n) is 10.9. The molecule has 0 spiro atoms. The first-order chi connectivity index (χ1) is 15.8. The highest BCUT2D eigenvalue weighted by molar-refractivity contribution is 7.89. The van der Waals surface area contributed by atoms with Crippen LogP contribution in [0.2, 0.25) is 5.02 Å². The minimum Gasteiger partial charge on any atom is -0.468 e. The molecule has 0 radical (unpaired) electrons. The lowest BCUT2D eigenvalue weighted by molar-refractivity contribution is -0.148. The number of halogens is 1. The summed E-state index contributed by atoms with van der Waals surface area (Å²) in [5.41, 5.74) is 0.892. The van der Waals surface area contributed by atoms with Crippen LogP contribution in [0.4, 0.5) is 0 Å². The molecule has 0 saturated carbocycles. The van der Waals surface area contributed by atoms with Crippen LogP contribution in [0.15, 0.2) is 41.4 Å². The van der Waals surface area contributed by atoms with E-state index in [1.165, 1.54) is 23.7 Å². The molecule has 9 nitrogen and oxygen atoms in total. The maximum absolute atomic E-state index is 13.0. The molecule has 1 N–H and O–H groups in total. The molecule has 2 fully saturated rings. The van der Waals surface area contributed by atoms with Gasteiger partial charge in [0, 0.05) is 50.5 Å². The summed E-state index contributed by atoms with van der Waals surface area (Å²) in [5.74, 6) is -0.686. The Balaban J connectivity index is 1.44. The van der Waals surface area contributed by atoms with Gasteiger partial charge in [-0.25, -0.2) is 13.2 Å². The average molecular weight is 495 g/mol. The van der Waals surface area contributed by atoms with Crippen LogP contribution in [0, 0.1) is 0 Å². The summed E-state index contributed by atoms with van der Waals surface area (Å²) in [6.07, 6.45) is 3.07. The predicted octanol–water partition coefficient (Wildman–Crippen LogP) is 2.12. The number of carbonyl (C=O) groups excluding carboxylic acids is 2. The Morgan fingerprint density at radius 2 is 1.73 bits per heavy atom. The van der Waals surface area contributed by atoms with E-state index in [2.05, 4.69) is 4.98 Å². The second-order valence-electron chi connectivity index (χ2n) is 8.14. The number of hydrogen-bond donors (Lipinski definition) is 1. The van der Waals surface area contributed by atoms with Crippen LogP contribution < -0.4 is 0 Å². The first kappa shape index (κ1) is 23.7. The van der Waals surface area contributed by atoms with Crippen LogP contribution >= 0.6 is 11.6 Å². The van der Waals surface area contributed by atoms with Crippen molar-refractivity contribution in [3.05, 3.63) is 52.8 Å². The Kier molecular flexibility index (Phi) is 7.08. The van der Waals surface area contributed by atoms with Crippen molar-refractivity contribution < 1.29 is 22.7 Å². The van der Waals surface area contributed by atoms with Crippen molar-refractivity contribution in [2.24, 2.45) is 0 Å². The summed E-state index contributed by atoms with van der Waals surface area (Å²) in [6.45, 7) is 2.65. The molecule has 1 aromatic carbocycles. The number of H-pyrrole nitrogens is 1. The molecule has 0 bridgehead atoms. The summed E-state index contributed by atoms with van der Waals surface area (Å²) in [7, 11) is -2.25. The zero-order valence-corrected chi connectivity index (χ0v) is 19.9. The van der Waals surface area contributed by atoms with Crippen molar-refractivity contribution in [3.63, 3.8) is 0 Å². The number of amides is 1. The Bertz CT molecular complexity index is 1120. The molecule has 11 heteroatoms. The molecule has 1 unspecified atom stereocenters. The van der Waals surface area contributed by atoms with Crippen molar-refractivity contribution in [1.82, 2.24) is 19.1 Å². The van der Waals surface area contributed by atoms with Crippen molar-refractivity contribution in [2.75, 3.05) is 46.4 Å². The maximum Gasteiger partial charge on any atom is 0.327 e. The SMILES string of the molecule is COC(=O)C(c1ccccc1Cl)N1CCN(C(=O)c2cc(S(=O)(=O)N3CCCC3)c[nH]2)CC1. The van der Waals surface area contributed by atoms with Crippen molar-refractivity contribution in [2.45, 2.75) is 23.8 Å². The van der Waals surface area contributed by atoms with Gasteiger partial charge in [-0.1, -0.05) is 29.8 Å². The van der Waals surface area contributed by atoms with E-state index in [1.807, 2.05) is 11.0 Å². The quantitative estimate of drug-likeness (QED) is 0.617. The van der Waals surface area contributed by atoms with Crippen molar-refractivity contribution in [3.8, 4) is 0 Å². The van der Waals surface area contributed by atoms with E-state index < -0.39 is 22.0 Å². The van der Waals surface area contributed by atoms with Crippen molar-refractivity contribution in [1.29, 1.82) is 0 Å². The highest BCUT2D eigenvalue weighted by Crippen LogP contribution is 2.30. The third kappa shape index (κ3) is 4.79. The van der Waals surface area contributed by atoms with E-state index >= 15 is 0 Å². The largest absolute Gasteiger partial charge is 0.468 e. The molecule has 1 atom stereocenters. The normalized spacial score (nSPS) is 18.9. The fourth-order valence-electron chi connectivity index (χ4n) is 4.36. The van der Waals surface area contributed by atoms with Crippen LogP contribution in [-0.4, -0.2) is 85.8 Å².